The zero-order chi connectivity index (χ0) is 9.68. The fourth-order valence-corrected chi connectivity index (χ4v) is 1.02. The van der Waals surface area contributed by atoms with Crippen molar-refractivity contribution in [3.63, 3.8) is 0 Å². The fourth-order valence-electron chi connectivity index (χ4n) is 1.02. The normalized spacial score (nSPS) is 10.2. The highest BCUT2D eigenvalue weighted by Crippen LogP contribution is 2.15. The van der Waals surface area contributed by atoms with Gasteiger partial charge in [-0.3, -0.25) is 0 Å². The second-order valence-electron chi connectivity index (χ2n) is 2.63. The highest BCUT2D eigenvalue weighted by atomic mass is 14.6. The van der Waals surface area contributed by atoms with Crippen LogP contribution in [0.5, 0.6) is 0 Å². The van der Waals surface area contributed by atoms with E-state index in [0.717, 1.165) is 11.1 Å². The van der Waals surface area contributed by atoms with Crippen molar-refractivity contribution in [1.82, 2.24) is 0 Å². The van der Waals surface area contributed by atoms with Gasteiger partial charge in [-0.1, -0.05) is 6.07 Å². The number of nitriles is 1. The van der Waals surface area contributed by atoms with Gasteiger partial charge in [-0.05, 0) is 29.3 Å². The molecule has 0 unspecified atom stereocenters. The molecule has 0 heterocycles. The molecule has 0 aromatic heterocycles. The quantitative estimate of drug-likeness (QED) is 0.522. The number of anilines is 1. The molecule has 4 N–H and O–H groups in total. The molecule has 0 saturated carbocycles. The van der Waals surface area contributed by atoms with Crippen LogP contribution in [0.1, 0.15) is 11.1 Å². The van der Waals surface area contributed by atoms with Gasteiger partial charge in [0.1, 0.15) is 0 Å². The van der Waals surface area contributed by atoms with Gasteiger partial charge in [-0.25, -0.2) is 0 Å². The van der Waals surface area contributed by atoms with Crippen LogP contribution in [0.2, 0.25) is 0 Å². The Balaban J connectivity index is 3.05. The molecule has 13 heavy (non-hydrogen) atoms. The predicted octanol–water partition coefficient (Wildman–Crippen LogP) is 1.26. The van der Waals surface area contributed by atoms with Crippen molar-refractivity contribution in [2.75, 3.05) is 5.73 Å². The first-order chi connectivity index (χ1) is 6.27. The van der Waals surface area contributed by atoms with Crippen molar-refractivity contribution in [3.05, 3.63) is 35.4 Å². The Morgan fingerprint density at radius 1 is 1.46 bits per heavy atom. The lowest BCUT2D eigenvalue weighted by Crippen LogP contribution is -1.98. The Labute approximate surface area is 77.3 Å². The third-order valence-electron chi connectivity index (χ3n) is 1.72. The number of hydrogen-bond acceptors (Lipinski definition) is 3. The summed E-state index contributed by atoms with van der Waals surface area (Å²) in [6.45, 7) is 0.480. The summed E-state index contributed by atoms with van der Waals surface area (Å²) in [5, 5.41) is 8.34. The summed E-state index contributed by atoms with van der Waals surface area (Å²) in [4.78, 5) is 0. The minimum Gasteiger partial charge on any atom is -0.398 e. The van der Waals surface area contributed by atoms with E-state index >= 15 is 0 Å². The maximum absolute atomic E-state index is 8.34. The van der Waals surface area contributed by atoms with Crippen molar-refractivity contribution in [2.45, 2.75) is 6.54 Å². The van der Waals surface area contributed by atoms with E-state index in [-0.39, 0.29) is 0 Å². The Kier molecular flexibility index (Phi) is 3.07. The third-order valence-corrected chi connectivity index (χ3v) is 1.72. The highest BCUT2D eigenvalue weighted by molar-refractivity contribution is 5.66. The summed E-state index contributed by atoms with van der Waals surface area (Å²) in [7, 11) is 0. The molecule has 0 amide bonds. The van der Waals surface area contributed by atoms with Gasteiger partial charge < -0.3 is 11.5 Å². The minimum absolute atomic E-state index is 0.480. The predicted molar refractivity (Wildman–Crippen MR) is 53.4 cm³/mol. The fraction of sp³-hybridized carbons (Fsp3) is 0.100. The van der Waals surface area contributed by atoms with Crippen LogP contribution in [0.4, 0.5) is 5.69 Å². The van der Waals surface area contributed by atoms with Crippen molar-refractivity contribution in [3.8, 4) is 6.07 Å². The molecule has 1 rings (SSSR count). The zero-order valence-electron chi connectivity index (χ0n) is 7.20. The Bertz CT molecular complexity index is 361. The second-order valence-corrected chi connectivity index (χ2v) is 2.63. The Hall–Kier alpha value is -1.79. The number of nitrogen functional groups attached to an aromatic ring is 1. The molecule has 1 aromatic carbocycles. The molecular weight excluding hydrogens is 162 g/mol. The summed E-state index contributed by atoms with van der Waals surface area (Å²) >= 11 is 0. The Morgan fingerprint density at radius 2 is 2.23 bits per heavy atom. The standard InChI is InChI=1S/C10H11N3/c11-5-1-2-9-6-8(7-12)3-4-10(9)13/h1-4,6H,7,12-13H2/b2-1+. The number of rotatable bonds is 2. The molecule has 0 atom stereocenters. The summed E-state index contributed by atoms with van der Waals surface area (Å²) in [5.74, 6) is 0. The molecule has 0 bridgehead atoms. The maximum Gasteiger partial charge on any atom is 0.0912 e. The lowest BCUT2D eigenvalue weighted by molar-refractivity contribution is 1.07. The number of allylic oxidation sites excluding steroid dienone is 1. The lowest BCUT2D eigenvalue weighted by atomic mass is 10.1. The van der Waals surface area contributed by atoms with Gasteiger partial charge in [0.2, 0.25) is 0 Å². The SMILES string of the molecule is N#C/C=C/c1cc(CN)ccc1N. The first-order valence-corrected chi connectivity index (χ1v) is 3.92. The van der Waals surface area contributed by atoms with Crippen molar-refractivity contribution >= 4 is 11.8 Å². The largest absolute Gasteiger partial charge is 0.398 e. The van der Waals surface area contributed by atoms with Gasteiger partial charge >= 0.3 is 0 Å². The van der Waals surface area contributed by atoms with Crippen LogP contribution >= 0.6 is 0 Å². The first-order valence-electron chi connectivity index (χ1n) is 3.92. The maximum atomic E-state index is 8.34. The van der Waals surface area contributed by atoms with Crippen LogP contribution in [0, 0.1) is 11.3 Å². The molecule has 1 aromatic rings. The van der Waals surface area contributed by atoms with Crippen LogP contribution < -0.4 is 11.5 Å². The molecule has 0 saturated heterocycles. The van der Waals surface area contributed by atoms with Crippen LogP contribution in [-0.4, -0.2) is 0 Å². The first kappa shape index (κ1) is 9.30. The molecule has 0 radical (unpaired) electrons. The van der Waals surface area contributed by atoms with E-state index in [0.29, 0.717) is 12.2 Å². The second kappa shape index (κ2) is 4.29. The molecule has 3 nitrogen and oxygen atoms in total. The van der Waals surface area contributed by atoms with Gasteiger partial charge in [0.15, 0.2) is 0 Å². The molecule has 0 aliphatic carbocycles. The smallest absolute Gasteiger partial charge is 0.0912 e. The van der Waals surface area contributed by atoms with E-state index in [4.69, 9.17) is 16.7 Å². The average molecular weight is 173 g/mol. The van der Waals surface area contributed by atoms with Gasteiger partial charge in [0.05, 0.1) is 6.07 Å². The molecule has 3 heteroatoms. The minimum atomic E-state index is 0.480. The summed E-state index contributed by atoms with van der Waals surface area (Å²) in [6.07, 6.45) is 3.07. The average Bonchev–Trinajstić information content (AvgIpc) is 2.17. The van der Waals surface area contributed by atoms with Gasteiger partial charge in [-0.2, -0.15) is 5.26 Å². The number of nitrogens with two attached hydrogens (primary N) is 2. The summed E-state index contributed by atoms with van der Waals surface area (Å²) in [6, 6.07) is 7.46. The van der Waals surface area contributed by atoms with Crippen LogP contribution in [0.3, 0.4) is 0 Å². The van der Waals surface area contributed by atoms with Gasteiger partial charge in [0, 0.05) is 18.3 Å². The number of nitrogens with zero attached hydrogens (tertiary/aromatic N) is 1. The zero-order valence-corrected chi connectivity index (χ0v) is 7.20. The molecule has 0 fully saturated rings. The number of benzene rings is 1. The van der Waals surface area contributed by atoms with Crippen molar-refractivity contribution < 1.29 is 0 Å². The molecule has 0 spiro atoms. The highest BCUT2D eigenvalue weighted by Gasteiger charge is 1.96. The van der Waals surface area contributed by atoms with Crippen LogP contribution in [0.15, 0.2) is 24.3 Å². The molecule has 0 aliphatic rings. The lowest BCUT2D eigenvalue weighted by Gasteiger charge is -2.02. The molecule has 0 aliphatic heterocycles. The summed E-state index contributed by atoms with van der Waals surface area (Å²) in [5.41, 5.74) is 13.7. The van der Waals surface area contributed by atoms with E-state index in [1.165, 1.54) is 6.08 Å². The van der Waals surface area contributed by atoms with E-state index in [1.807, 2.05) is 18.2 Å². The van der Waals surface area contributed by atoms with Gasteiger partial charge in [0.25, 0.3) is 0 Å². The monoisotopic (exact) mass is 173 g/mol. The van der Waals surface area contributed by atoms with E-state index in [1.54, 1.807) is 12.1 Å². The molecular formula is C10H11N3. The topological polar surface area (TPSA) is 75.8 Å². The van der Waals surface area contributed by atoms with Gasteiger partial charge in [-0.15, -0.1) is 0 Å². The third kappa shape index (κ3) is 2.32. The Morgan fingerprint density at radius 3 is 2.85 bits per heavy atom. The van der Waals surface area contributed by atoms with E-state index < -0.39 is 0 Å². The van der Waals surface area contributed by atoms with E-state index in [2.05, 4.69) is 0 Å². The van der Waals surface area contributed by atoms with Crippen LogP contribution in [0.25, 0.3) is 6.08 Å². The summed E-state index contributed by atoms with van der Waals surface area (Å²) < 4.78 is 0. The van der Waals surface area contributed by atoms with Crippen molar-refractivity contribution in [2.24, 2.45) is 5.73 Å². The van der Waals surface area contributed by atoms with Crippen LogP contribution in [-0.2, 0) is 6.54 Å². The van der Waals surface area contributed by atoms with E-state index in [9.17, 15) is 0 Å². The van der Waals surface area contributed by atoms with Crippen molar-refractivity contribution in [1.29, 1.82) is 5.26 Å². The number of hydrogen-bond donors (Lipinski definition) is 2. The molecule has 66 valence electrons.